The first-order valence-electron chi connectivity index (χ1n) is 13.5. The van der Waals surface area contributed by atoms with Crippen LogP contribution in [0, 0.1) is 29.1 Å². The summed E-state index contributed by atoms with van der Waals surface area (Å²) in [6.45, 7) is 0.799. The van der Waals surface area contributed by atoms with E-state index in [1.54, 1.807) is 0 Å². The van der Waals surface area contributed by atoms with Crippen molar-refractivity contribution < 1.29 is 39.6 Å². The largest absolute Gasteiger partial charge is 0.407 e. The molecule has 0 aromatic heterocycles. The molecule has 1 amide bonds. The van der Waals surface area contributed by atoms with Gasteiger partial charge in [-0.3, -0.25) is 10.1 Å². The smallest absolute Gasteiger partial charge is 0.336 e. The third-order valence-corrected chi connectivity index (χ3v) is 9.11. The van der Waals surface area contributed by atoms with Gasteiger partial charge in [0.25, 0.3) is 0 Å². The molecule has 0 unspecified atom stereocenters. The van der Waals surface area contributed by atoms with E-state index in [9.17, 15) is 44.8 Å². The van der Waals surface area contributed by atoms with Crippen molar-refractivity contribution in [2.24, 2.45) is 17.8 Å². The summed E-state index contributed by atoms with van der Waals surface area (Å²) in [6.07, 6.45) is -7.04. The van der Waals surface area contributed by atoms with E-state index in [2.05, 4.69) is 16.7 Å². The van der Waals surface area contributed by atoms with Crippen molar-refractivity contribution in [3.05, 3.63) is 54.1 Å². The predicted octanol–water partition coefficient (Wildman–Crippen LogP) is 6.11. The van der Waals surface area contributed by atoms with Gasteiger partial charge in [-0.05, 0) is 72.8 Å². The number of hydrogen-bond acceptors (Lipinski definition) is 5. The molecule has 2 aromatic carbocycles. The lowest BCUT2D eigenvalue weighted by Crippen LogP contribution is -2.58. The molecule has 0 saturated heterocycles. The number of nitrogens with one attached hydrogen (secondary N) is 2. The SMILES string of the molecule is C[C@H](C[C@H](N[C@@H](c1ccc(-c2ccc(S(C)(=O)=O)cc2)cc1)C(F)(F)F)C(=O)NC(C#N)(C1CC1)C1CC1)C(F)(F)F. The highest BCUT2D eigenvalue weighted by Crippen LogP contribution is 2.52. The summed E-state index contributed by atoms with van der Waals surface area (Å²) in [5, 5.41) is 14.7. The number of hydrogen-bond donors (Lipinski definition) is 2. The zero-order valence-corrected chi connectivity index (χ0v) is 23.7. The van der Waals surface area contributed by atoms with Crippen molar-refractivity contribution in [2.45, 2.75) is 73.9 Å². The van der Waals surface area contributed by atoms with E-state index >= 15 is 0 Å². The molecule has 2 N–H and O–H groups in total. The number of halogens is 6. The Morgan fingerprint density at radius 2 is 1.38 bits per heavy atom. The van der Waals surface area contributed by atoms with Crippen molar-refractivity contribution in [1.82, 2.24) is 10.6 Å². The van der Waals surface area contributed by atoms with Crippen LogP contribution in [0.3, 0.4) is 0 Å². The van der Waals surface area contributed by atoms with E-state index in [4.69, 9.17) is 0 Å². The summed E-state index contributed by atoms with van der Waals surface area (Å²) in [4.78, 5) is 13.4. The van der Waals surface area contributed by atoms with Gasteiger partial charge in [-0.25, -0.2) is 8.42 Å². The van der Waals surface area contributed by atoms with Crippen LogP contribution in [0.5, 0.6) is 0 Å². The summed E-state index contributed by atoms with van der Waals surface area (Å²) in [6, 6.07) is 8.56. The summed E-state index contributed by atoms with van der Waals surface area (Å²) in [7, 11) is -3.44. The van der Waals surface area contributed by atoms with E-state index in [1.165, 1.54) is 36.4 Å². The Bertz CT molecular complexity index is 1410. The highest BCUT2D eigenvalue weighted by molar-refractivity contribution is 7.90. The monoisotopic (exact) mass is 615 g/mol. The summed E-state index contributed by atoms with van der Waals surface area (Å²) >= 11 is 0. The Kier molecular flexibility index (Phi) is 8.73. The van der Waals surface area contributed by atoms with Gasteiger partial charge >= 0.3 is 12.4 Å². The summed E-state index contributed by atoms with van der Waals surface area (Å²) < 4.78 is 107. The first-order chi connectivity index (χ1) is 19.5. The third kappa shape index (κ3) is 7.26. The molecule has 13 heteroatoms. The lowest BCUT2D eigenvalue weighted by Gasteiger charge is -2.33. The molecular weight excluding hydrogens is 584 g/mol. The molecule has 42 heavy (non-hydrogen) atoms. The zero-order chi connectivity index (χ0) is 31.1. The van der Waals surface area contributed by atoms with Crippen LogP contribution in [-0.2, 0) is 14.6 Å². The van der Waals surface area contributed by atoms with Crippen molar-refractivity contribution in [3.8, 4) is 17.2 Å². The number of nitriles is 1. The van der Waals surface area contributed by atoms with Crippen LogP contribution in [0.4, 0.5) is 26.3 Å². The minimum atomic E-state index is -4.97. The Morgan fingerprint density at radius 1 is 0.905 bits per heavy atom. The number of amides is 1. The predicted molar refractivity (Wildman–Crippen MR) is 142 cm³/mol. The number of carbonyl (C=O) groups excluding carboxylic acids is 1. The number of nitrogens with zero attached hydrogens (tertiary/aromatic N) is 1. The maximum absolute atomic E-state index is 14.3. The highest BCUT2D eigenvalue weighted by Gasteiger charge is 2.56. The standard InChI is InChI=1S/C29H31F6N3O3S/c1-17(28(30,31)32)15-24(26(39)38-27(16-36,21-9-10-21)22-11-12-22)37-25(29(33,34)35)20-5-3-18(4-6-20)19-7-13-23(14-8-19)42(2,40)41/h3-8,13-14,17,21-22,24-25,37H,9-12,15H2,1-2H3,(H,38,39)/t17-,24+,25+/m1/s1. The Hall–Kier alpha value is -3.11. The summed E-state index contributed by atoms with van der Waals surface area (Å²) in [5.74, 6) is -3.53. The average molecular weight is 616 g/mol. The minimum absolute atomic E-state index is 0.0744. The summed E-state index contributed by atoms with van der Waals surface area (Å²) in [5.41, 5.74) is -0.616. The van der Waals surface area contributed by atoms with Crippen LogP contribution >= 0.6 is 0 Å². The molecule has 4 rings (SSSR count). The number of carbonyl (C=O) groups is 1. The molecule has 2 saturated carbocycles. The molecule has 228 valence electrons. The van der Waals surface area contributed by atoms with E-state index in [1.807, 2.05) is 0 Å². The second-order valence-electron chi connectivity index (χ2n) is 11.3. The second kappa shape index (κ2) is 11.5. The molecule has 2 aliphatic rings. The Morgan fingerprint density at radius 3 is 1.76 bits per heavy atom. The molecule has 0 aliphatic heterocycles. The number of alkyl halides is 6. The van der Waals surface area contributed by atoms with Gasteiger partial charge in [0.2, 0.25) is 5.91 Å². The fourth-order valence-electron chi connectivity index (χ4n) is 5.20. The lowest BCUT2D eigenvalue weighted by molar-refractivity contribution is -0.177. The molecule has 6 nitrogen and oxygen atoms in total. The normalized spacial score (nSPS) is 18.5. The number of sulfone groups is 1. The number of rotatable bonds is 11. The molecule has 0 spiro atoms. The lowest BCUT2D eigenvalue weighted by atomic mass is 9.88. The van der Waals surface area contributed by atoms with Gasteiger partial charge in [-0.15, -0.1) is 0 Å². The first-order valence-corrected chi connectivity index (χ1v) is 15.4. The van der Waals surface area contributed by atoms with E-state index in [0.717, 1.165) is 25.3 Å². The van der Waals surface area contributed by atoms with Crippen molar-refractivity contribution >= 4 is 15.7 Å². The molecule has 2 fully saturated rings. The third-order valence-electron chi connectivity index (χ3n) is 7.98. The van der Waals surface area contributed by atoms with E-state index in [-0.39, 0.29) is 22.3 Å². The second-order valence-corrected chi connectivity index (χ2v) is 13.3. The van der Waals surface area contributed by atoms with Gasteiger partial charge in [0.15, 0.2) is 9.84 Å². The Balaban J connectivity index is 1.61. The quantitative estimate of drug-likeness (QED) is 0.298. The van der Waals surface area contributed by atoms with Crippen molar-refractivity contribution in [2.75, 3.05) is 6.26 Å². The fraction of sp³-hybridized carbons (Fsp3) is 0.517. The first kappa shape index (κ1) is 31.8. The zero-order valence-electron chi connectivity index (χ0n) is 22.9. The van der Waals surface area contributed by atoms with Gasteiger partial charge in [-0.1, -0.05) is 43.3 Å². The van der Waals surface area contributed by atoms with Gasteiger partial charge < -0.3 is 5.32 Å². The highest BCUT2D eigenvalue weighted by atomic mass is 32.2. The van der Waals surface area contributed by atoms with Crippen LogP contribution in [0.2, 0.25) is 0 Å². The van der Waals surface area contributed by atoms with Crippen LogP contribution in [-0.4, -0.2) is 44.5 Å². The van der Waals surface area contributed by atoms with Gasteiger partial charge in [0.1, 0.15) is 11.6 Å². The molecule has 0 bridgehead atoms. The minimum Gasteiger partial charge on any atom is -0.336 e. The molecule has 2 aliphatic carbocycles. The topological polar surface area (TPSA) is 99.1 Å². The molecular formula is C29H31F6N3O3S. The van der Waals surface area contributed by atoms with E-state index < -0.39 is 58.1 Å². The molecule has 0 heterocycles. The van der Waals surface area contributed by atoms with Crippen molar-refractivity contribution in [3.63, 3.8) is 0 Å². The molecule has 0 radical (unpaired) electrons. The fourth-order valence-corrected chi connectivity index (χ4v) is 5.83. The van der Waals surface area contributed by atoms with Crippen LogP contribution in [0.1, 0.15) is 50.6 Å². The van der Waals surface area contributed by atoms with Crippen LogP contribution in [0.15, 0.2) is 53.4 Å². The maximum Gasteiger partial charge on any atom is 0.407 e. The maximum atomic E-state index is 14.3. The molecule has 2 aromatic rings. The van der Waals surface area contributed by atoms with Gasteiger partial charge in [0, 0.05) is 6.26 Å². The Labute approximate surface area is 240 Å². The number of benzene rings is 2. The van der Waals surface area contributed by atoms with Crippen LogP contribution < -0.4 is 10.6 Å². The molecule has 3 atom stereocenters. The van der Waals surface area contributed by atoms with Gasteiger partial charge in [0.05, 0.1) is 22.9 Å². The van der Waals surface area contributed by atoms with E-state index in [0.29, 0.717) is 36.8 Å². The van der Waals surface area contributed by atoms with Crippen LogP contribution in [0.25, 0.3) is 11.1 Å². The average Bonchev–Trinajstić information content (AvgIpc) is 3.81. The van der Waals surface area contributed by atoms with Gasteiger partial charge in [-0.2, -0.15) is 31.6 Å². The van der Waals surface area contributed by atoms with Crippen molar-refractivity contribution in [1.29, 1.82) is 5.26 Å².